The monoisotopic (exact) mass is 208 g/mol. The zero-order valence-corrected chi connectivity index (χ0v) is 9.70. The average Bonchev–Trinajstić information content (AvgIpc) is 2.17. The lowest BCUT2D eigenvalue weighted by atomic mass is 9.81. The Morgan fingerprint density at radius 3 is 2.40 bits per heavy atom. The van der Waals surface area contributed by atoms with Crippen LogP contribution in [0.3, 0.4) is 0 Å². The molecule has 0 saturated heterocycles. The van der Waals surface area contributed by atoms with Crippen molar-refractivity contribution in [2.24, 2.45) is 0 Å². The third kappa shape index (κ3) is 3.05. The molecule has 15 heavy (non-hydrogen) atoms. The Labute approximate surface area is 91.6 Å². The van der Waals surface area contributed by atoms with E-state index in [4.69, 9.17) is 0 Å². The van der Waals surface area contributed by atoms with Crippen LogP contribution in [0, 0.1) is 0 Å². The maximum Gasteiger partial charge on any atom is 0.0552 e. The minimum absolute atomic E-state index is 0.115. The lowest BCUT2D eigenvalue weighted by Gasteiger charge is -2.25. The van der Waals surface area contributed by atoms with Crippen molar-refractivity contribution >= 4 is 0 Å². The van der Waals surface area contributed by atoms with Crippen LogP contribution in [0.5, 0.6) is 0 Å². The van der Waals surface area contributed by atoms with E-state index in [1.807, 2.05) is 38.1 Å². The molecule has 84 valence electrons. The molecule has 0 aliphatic heterocycles. The van der Waals surface area contributed by atoms with E-state index < -0.39 is 0 Å². The van der Waals surface area contributed by atoms with Gasteiger partial charge in [0, 0.05) is 5.41 Å². The summed E-state index contributed by atoms with van der Waals surface area (Å²) in [6.45, 7) is 5.91. The fraction of sp³-hybridized carbons (Fsp3) is 0.538. The standard InChI is InChI=1S/C13H20O2/c1-10(15)8-11-6-4-5-7-12(11)13(2,3)9-14/h4-7,10,14-15H,8-9H2,1-3H3. The zero-order valence-electron chi connectivity index (χ0n) is 9.70. The molecular weight excluding hydrogens is 188 g/mol. The van der Waals surface area contributed by atoms with E-state index in [0.717, 1.165) is 11.1 Å². The first kappa shape index (κ1) is 12.2. The number of benzene rings is 1. The first-order valence-electron chi connectivity index (χ1n) is 5.34. The van der Waals surface area contributed by atoms with Crippen molar-refractivity contribution < 1.29 is 10.2 Å². The molecule has 0 aromatic heterocycles. The summed E-state index contributed by atoms with van der Waals surface area (Å²) in [7, 11) is 0. The van der Waals surface area contributed by atoms with Gasteiger partial charge in [0.1, 0.15) is 0 Å². The predicted octanol–water partition coefficient (Wildman–Crippen LogP) is 1.88. The van der Waals surface area contributed by atoms with Gasteiger partial charge in [-0.15, -0.1) is 0 Å². The molecule has 2 nitrogen and oxygen atoms in total. The third-order valence-corrected chi connectivity index (χ3v) is 2.66. The summed E-state index contributed by atoms with van der Waals surface area (Å²) >= 11 is 0. The van der Waals surface area contributed by atoms with E-state index in [2.05, 4.69) is 0 Å². The van der Waals surface area contributed by atoms with Gasteiger partial charge in [-0.1, -0.05) is 38.1 Å². The van der Waals surface area contributed by atoms with Crippen LogP contribution in [0.15, 0.2) is 24.3 Å². The topological polar surface area (TPSA) is 40.5 Å². The second-order valence-electron chi connectivity index (χ2n) is 4.75. The molecule has 0 bridgehead atoms. The predicted molar refractivity (Wildman–Crippen MR) is 61.9 cm³/mol. The number of hydrogen-bond acceptors (Lipinski definition) is 2. The zero-order chi connectivity index (χ0) is 11.5. The van der Waals surface area contributed by atoms with Gasteiger partial charge in [0.05, 0.1) is 12.7 Å². The van der Waals surface area contributed by atoms with Crippen LogP contribution in [0.1, 0.15) is 31.9 Å². The van der Waals surface area contributed by atoms with Gasteiger partial charge in [0.25, 0.3) is 0 Å². The van der Waals surface area contributed by atoms with Gasteiger partial charge in [-0.2, -0.15) is 0 Å². The van der Waals surface area contributed by atoms with Crippen molar-refractivity contribution in [1.82, 2.24) is 0 Å². The highest BCUT2D eigenvalue weighted by Crippen LogP contribution is 2.26. The molecule has 1 atom stereocenters. The Morgan fingerprint density at radius 2 is 1.87 bits per heavy atom. The summed E-state index contributed by atoms with van der Waals surface area (Å²) in [5.74, 6) is 0. The summed E-state index contributed by atoms with van der Waals surface area (Å²) < 4.78 is 0. The van der Waals surface area contributed by atoms with Crippen LogP contribution >= 0.6 is 0 Å². The van der Waals surface area contributed by atoms with Crippen LogP contribution in [0.2, 0.25) is 0 Å². The average molecular weight is 208 g/mol. The number of hydrogen-bond donors (Lipinski definition) is 2. The molecule has 0 fully saturated rings. The van der Waals surface area contributed by atoms with Gasteiger partial charge in [-0.25, -0.2) is 0 Å². The van der Waals surface area contributed by atoms with Crippen molar-refractivity contribution in [3.05, 3.63) is 35.4 Å². The SMILES string of the molecule is CC(O)Cc1ccccc1C(C)(C)CO. The maximum atomic E-state index is 9.41. The van der Waals surface area contributed by atoms with E-state index in [0.29, 0.717) is 6.42 Å². The molecule has 2 N–H and O–H groups in total. The Hall–Kier alpha value is -0.860. The van der Waals surface area contributed by atoms with Crippen LogP contribution in [0.25, 0.3) is 0 Å². The second-order valence-corrected chi connectivity index (χ2v) is 4.75. The van der Waals surface area contributed by atoms with E-state index in [9.17, 15) is 10.2 Å². The molecule has 0 radical (unpaired) electrons. The van der Waals surface area contributed by atoms with Gasteiger partial charge < -0.3 is 10.2 Å². The third-order valence-electron chi connectivity index (χ3n) is 2.66. The summed E-state index contributed by atoms with van der Waals surface area (Å²) in [5, 5.41) is 18.7. The molecule has 1 aromatic rings. The smallest absolute Gasteiger partial charge is 0.0552 e. The van der Waals surface area contributed by atoms with E-state index in [1.54, 1.807) is 6.92 Å². The molecule has 0 heterocycles. The maximum absolute atomic E-state index is 9.41. The summed E-state index contributed by atoms with van der Waals surface area (Å²) in [5.41, 5.74) is 1.99. The van der Waals surface area contributed by atoms with Gasteiger partial charge >= 0.3 is 0 Å². The van der Waals surface area contributed by atoms with Gasteiger partial charge in [-0.3, -0.25) is 0 Å². The second kappa shape index (κ2) is 4.77. The van der Waals surface area contributed by atoms with Crippen molar-refractivity contribution in [2.45, 2.75) is 38.7 Å². The molecular formula is C13H20O2. The van der Waals surface area contributed by atoms with Crippen LogP contribution in [-0.4, -0.2) is 22.9 Å². The first-order chi connectivity index (χ1) is 6.97. The van der Waals surface area contributed by atoms with E-state index >= 15 is 0 Å². The first-order valence-corrected chi connectivity index (χ1v) is 5.34. The van der Waals surface area contributed by atoms with Crippen LogP contribution < -0.4 is 0 Å². The highest BCUT2D eigenvalue weighted by Gasteiger charge is 2.22. The lowest BCUT2D eigenvalue weighted by molar-refractivity contribution is 0.191. The fourth-order valence-electron chi connectivity index (χ4n) is 1.76. The molecule has 1 rings (SSSR count). The summed E-state index contributed by atoms with van der Waals surface area (Å²) in [4.78, 5) is 0. The van der Waals surface area contributed by atoms with Crippen molar-refractivity contribution in [2.75, 3.05) is 6.61 Å². The highest BCUT2D eigenvalue weighted by atomic mass is 16.3. The van der Waals surface area contributed by atoms with Crippen LogP contribution in [0.4, 0.5) is 0 Å². The molecule has 0 aliphatic carbocycles. The minimum atomic E-state index is -0.347. The Morgan fingerprint density at radius 1 is 1.27 bits per heavy atom. The summed E-state index contributed by atoms with van der Waals surface area (Å²) in [6.07, 6.45) is 0.292. The number of aliphatic hydroxyl groups excluding tert-OH is 2. The normalized spacial score (nSPS) is 13.9. The van der Waals surface area contributed by atoms with E-state index in [1.165, 1.54) is 0 Å². The highest BCUT2D eigenvalue weighted by molar-refractivity contribution is 5.33. The molecule has 0 aliphatic rings. The molecule has 0 saturated carbocycles. The quantitative estimate of drug-likeness (QED) is 0.793. The van der Waals surface area contributed by atoms with Gasteiger partial charge in [0.15, 0.2) is 0 Å². The largest absolute Gasteiger partial charge is 0.395 e. The van der Waals surface area contributed by atoms with Gasteiger partial charge in [0.2, 0.25) is 0 Å². The summed E-state index contributed by atoms with van der Waals surface area (Å²) in [6, 6.07) is 7.97. The van der Waals surface area contributed by atoms with Crippen molar-refractivity contribution in [3.8, 4) is 0 Å². The Bertz CT molecular complexity index is 316. The molecule has 0 spiro atoms. The molecule has 2 heteroatoms. The molecule has 1 unspecified atom stereocenters. The molecule has 0 amide bonds. The van der Waals surface area contributed by atoms with Gasteiger partial charge in [-0.05, 0) is 24.5 Å². The van der Waals surface area contributed by atoms with E-state index in [-0.39, 0.29) is 18.1 Å². The van der Waals surface area contributed by atoms with Crippen LogP contribution in [-0.2, 0) is 11.8 Å². The van der Waals surface area contributed by atoms with Crippen molar-refractivity contribution in [1.29, 1.82) is 0 Å². The fourth-order valence-corrected chi connectivity index (χ4v) is 1.76. The number of aliphatic hydroxyl groups is 2. The molecule has 1 aromatic carbocycles. The minimum Gasteiger partial charge on any atom is -0.395 e. The Kier molecular flexibility index (Phi) is 3.89. The number of rotatable bonds is 4. The van der Waals surface area contributed by atoms with Crippen molar-refractivity contribution in [3.63, 3.8) is 0 Å². The lowest BCUT2D eigenvalue weighted by Crippen LogP contribution is -2.24. The Balaban J connectivity index is 3.06.